The van der Waals surface area contributed by atoms with Crippen molar-refractivity contribution in [1.82, 2.24) is 0 Å². The molecule has 0 aliphatic rings. The maximum Gasteiger partial charge on any atom is 0.337 e. The minimum atomic E-state index is -0.422. The maximum atomic E-state index is 11.5. The number of hydrogen-bond donors (Lipinski definition) is 1. The second-order valence-electron chi connectivity index (χ2n) is 4.19. The number of carbonyl (C=O) groups is 1. The largest absolute Gasteiger partial charge is 0.508 e. The van der Waals surface area contributed by atoms with E-state index < -0.39 is 5.97 Å². The predicted octanol–water partition coefficient (Wildman–Crippen LogP) is 3.81. The van der Waals surface area contributed by atoms with Crippen molar-refractivity contribution in [2.75, 3.05) is 7.11 Å². The number of phenolic OH excluding ortho intramolecular Hbond substituents is 1. The summed E-state index contributed by atoms with van der Waals surface area (Å²) < 4.78 is 4.68. The van der Waals surface area contributed by atoms with Gasteiger partial charge in [0.2, 0.25) is 0 Å². The number of benzene rings is 2. The second kappa shape index (κ2) is 5.33. The molecule has 0 radical (unpaired) electrons. The van der Waals surface area contributed by atoms with Crippen molar-refractivity contribution in [3.63, 3.8) is 0 Å². The molecule has 98 valence electrons. The van der Waals surface area contributed by atoms with Gasteiger partial charge in [-0.1, -0.05) is 23.7 Å². The summed E-state index contributed by atoms with van der Waals surface area (Å²) >= 11 is 6.14. The minimum absolute atomic E-state index is 0.192. The fraction of sp³-hybridized carbons (Fsp3) is 0.133. The second-order valence-corrected chi connectivity index (χ2v) is 4.59. The number of esters is 1. The molecule has 0 atom stereocenters. The first kappa shape index (κ1) is 13.4. The van der Waals surface area contributed by atoms with E-state index in [-0.39, 0.29) is 5.75 Å². The van der Waals surface area contributed by atoms with Gasteiger partial charge in [-0.3, -0.25) is 0 Å². The molecule has 0 spiro atoms. The van der Waals surface area contributed by atoms with Gasteiger partial charge in [0, 0.05) is 10.6 Å². The molecule has 0 saturated heterocycles. The highest BCUT2D eigenvalue weighted by molar-refractivity contribution is 6.33. The lowest BCUT2D eigenvalue weighted by atomic mass is 10.0. The molecule has 2 rings (SSSR count). The summed E-state index contributed by atoms with van der Waals surface area (Å²) in [5.74, 6) is -0.230. The number of methoxy groups -OCH3 is 1. The van der Waals surface area contributed by atoms with Crippen molar-refractivity contribution in [2.45, 2.75) is 6.92 Å². The van der Waals surface area contributed by atoms with E-state index >= 15 is 0 Å². The van der Waals surface area contributed by atoms with E-state index in [4.69, 9.17) is 11.6 Å². The molecule has 0 bridgehead atoms. The Morgan fingerprint density at radius 2 is 1.95 bits per heavy atom. The quantitative estimate of drug-likeness (QED) is 0.849. The molecular weight excluding hydrogens is 264 g/mol. The molecule has 0 fully saturated rings. The Kier molecular flexibility index (Phi) is 3.76. The van der Waals surface area contributed by atoms with Crippen LogP contribution in [0, 0.1) is 6.92 Å². The monoisotopic (exact) mass is 276 g/mol. The number of ether oxygens (including phenoxy) is 1. The van der Waals surface area contributed by atoms with Crippen LogP contribution in [0.3, 0.4) is 0 Å². The molecule has 19 heavy (non-hydrogen) atoms. The van der Waals surface area contributed by atoms with Crippen LogP contribution in [0.25, 0.3) is 11.1 Å². The lowest BCUT2D eigenvalue weighted by Crippen LogP contribution is -2.01. The SMILES string of the molecule is COC(=O)c1ccc(Cl)c(-c2ccc(C)c(O)c2)c1. The van der Waals surface area contributed by atoms with Crippen molar-refractivity contribution >= 4 is 17.6 Å². The number of rotatable bonds is 2. The average Bonchev–Trinajstić information content (AvgIpc) is 2.41. The van der Waals surface area contributed by atoms with Gasteiger partial charge in [-0.05, 0) is 42.3 Å². The summed E-state index contributed by atoms with van der Waals surface area (Å²) in [5, 5.41) is 10.3. The molecule has 0 heterocycles. The van der Waals surface area contributed by atoms with Gasteiger partial charge in [0.25, 0.3) is 0 Å². The molecule has 1 N–H and O–H groups in total. The fourth-order valence-electron chi connectivity index (χ4n) is 1.77. The Labute approximate surface area is 116 Å². The van der Waals surface area contributed by atoms with E-state index in [0.29, 0.717) is 16.1 Å². The normalized spacial score (nSPS) is 10.3. The van der Waals surface area contributed by atoms with Gasteiger partial charge in [-0.25, -0.2) is 4.79 Å². The smallest absolute Gasteiger partial charge is 0.337 e. The number of carbonyl (C=O) groups excluding carboxylic acids is 1. The summed E-state index contributed by atoms with van der Waals surface area (Å²) in [6.45, 7) is 1.81. The zero-order chi connectivity index (χ0) is 14.0. The Morgan fingerprint density at radius 3 is 2.58 bits per heavy atom. The molecule has 0 aliphatic carbocycles. The molecular formula is C15H13ClO3. The van der Waals surface area contributed by atoms with E-state index in [2.05, 4.69) is 4.74 Å². The minimum Gasteiger partial charge on any atom is -0.508 e. The molecule has 0 unspecified atom stereocenters. The van der Waals surface area contributed by atoms with Gasteiger partial charge in [-0.2, -0.15) is 0 Å². The first-order chi connectivity index (χ1) is 9.02. The predicted molar refractivity (Wildman–Crippen MR) is 74.6 cm³/mol. The number of hydrogen-bond acceptors (Lipinski definition) is 3. The van der Waals surface area contributed by atoms with Crippen molar-refractivity contribution < 1.29 is 14.6 Å². The van der Waals surface area contributed by atoms with E-state index in [9.17, 15) is 9.90 Å². The number of aromatic hydroxyl groups is 1. The van der Waals surface area contributed by atoms with Crippen molar-refractivity contribution in [2.24, 2.45) is 0 Å². The lowest BCUT2D eigenvalue weighted by Gasteiger charge is -2.08. The number of phenols is 1. The summed E-state index contributed by atoms with van der Waals surface area (Å²) in [6.07, 6.45) is 0. The van der Waals surface area contributed by atoms with Crippen LogP contribution in [0.1, 0.15) is 15.9 Å². The van der Waals surface area contributed by atoms with E-state index in [1.807, 2.05) is 13.0 Å². The van der Waals surface area contributed by atoms with Crippen molar-refractivity contribution in [1.29, 1.82) is 0 Å². The third kappa shape index (κ3) is 2.71. The van der Waals surface area contributed by atoms with Gasteiger partial charge < -0.3 is 9.84 Å². The van der Waals surface area contributed by atoms with Crippen LogP contribution in [0.15, 0.2) is 36.4 Å². The van der Waals surface area contributed by atoms with Gasteiger partial charge in [0.05, 0.1) is 12.7 Å². The summed E-state index contributed by atoms with van der Waals surface area (Å²) in [6, 6.07) is 10.2. The molecule has 0 aromatic heterocycles. The molecule has 4 heteroatoms. The van der Waals surface area contributed by atoms with Crippen LogP contribution in [0.4, 0.5) is 0 Å². The van der Waals surface area contributed by atoms with Gasteiger partial charge in [-0.15, -0.1) is 0 Å². The van der Waals surface area contributed by atoms with Crippen LogP contribution < -0.4 is 0 Å². The van der Waals surface area contributed by atoms with Crippen molar-refractivity contribution in [3.05, 3.63) is 52.5 Å². The maximum absolute atomic E-state index is 11.5. The van der Waals surface area contributed by atoms with Crippen LogP contribution in [-0.2, 0) is 4.74 Å². The lowest BCUT2D eigenvalue weighted by molar-refractivity contribution is 0.0601. The van der Waals surface area contributed by atoms with E-state index in [0.717, 1.165) is 11.1 Å². The van der Waals surface area contributed by atoms with Crippen LogP contribution in [-0.4, -0.2) is 18.2 Å². The summed E-state index contributed by atoms with van der Waals surface area (Å²) in [5.41, 5.74) is 2.63. The third-order valence-corrected chi connectivity index (χ3v) is 3.24. The molecule has 2 aromatic rings. The number of halogens is 1. The zero-order valence-electron chi connectivity index (χ0n) is 10.6. The highest BCUT2D eigenvalue weighted by atomic mass is 35.5. The highest BCUT2D eigenvalue weighted by Gasteiger charge is 2.11. The average molecular weight is 277 g/mol. The molecule has 0 saturated carbocycles. The Balaban J connectivity index is 2.54. The fourth-order valence-corrected chi connectivity index (χ4v) is 1.99. The van der Waals surface area contributed by atoms with Crippen LogP contribution in [0.5, 0.6) is 5.75 Å². The molecule has 3 nitrogen and oxygen atoms in total. The Bertz CT molecular complexity index is 635. The van der Waals surface area contributed by atoms with Gasteiger partial charge in [0.15, 0.2) is 0 Å². The van der Waals surface area contributed by atoms with Crippen LogP contribution >= 0.6 is 11.6 Å². The third-order valence-electron chi connectivity index (χ3n) is 2.91. The van der Waals surface area contributed by atoms with Crippen LogP contribution in [0.2, 0.25) is 5.02 Å². The summed E-state index contributed by atoms with van der Waals surface area (Å²) in [7, 11) is 1.33. The molecule has 0 aliphatic heterocycles. The Hall–Kier alpha value is -2.00. The van der Waals surface area contributed by atoms with Crippen molar-refractivity contribution in [3.8, 4) is 16.9 Å². The highest BCUT2D eigenvalue weighted by Crippen LogP contribution is 2.32. The number of aryl methyl sites for hydroxylation is 1. The van der Waals surface area contributed by atoms with Gasteiger partial charge in [0.1, 0.15) is 5.75 Å². The molecule has 0 amide bonds. The first-order valence-electron chi connectivity index (χ1n) is 5.71. The standard InChI is InChI=1S/C15H13ClO3/c1-9-3-4-10(8-14(9)17)12-7-11(15(18)19-2)5-6-13(12)16/h3-8,17H,1-2H3. The Morgan fingerprint density at radius 1 is 1.21 bits per heavy atom. The zero-order valence-corrected chi connectivity index (χ0v) is 11.4. The van der Waals surface area contributed by atoms with E-state index in [1.165, 1.54) is 7.11 Å². The topological polar surface area (TPSA) is 46.5 Å². The van der Waals surface area contributed by atoms with E-state index in [1.54, 1.807) is 30.3 Å². The van der Waals surface area contributed by atoms with Gasteiger partial charge >= 0.3 is 5.97 Å². The first-order valence-corrected chi connectivity index (χ1v) is 6.08. The molecule has 2 aromatic carbocycles. The summed E-state index contributed by atoms with van der Waals surface area (Å²) in [4.78, 5) is 11.5.